The van der Waals surface area contributed by atoms with E-state index >= 15 is 0 Å². The Kier molecular flexibility index (Phi) is 3.07. The van der Waals surface area contributed by atoms with Crippen molar-refractivity contribution in [1.82, 2.24) is 0 Å². The predicted octanol–water partition coefficient (Wildman–Crippen LogP) is 1.07. The zero-order valence-corrected chi connectivity index (χ0v) is 8.95. The maximum absolute atomic E-state index is 13.1. The summed E-state index contributed by atoms with van der Waals surface area (Å²) in [4.78, 5) is 21.3. The Balaban J connectivity index is 3.17. The minimum Gasteiger partial charge on any atom is -0.828 e. The second-order valence-electron chi connectivity index (χ2n) is 2.90. The van der Waals surface area contributed by atoms with E-state index in [1.165, 1.54) is 12.1 Å². The zero-order chi connectivity index (χ0) is 11.0. The first-order chi connectivity index (χ1) is 6.25. The highest BCUT2D eigenvalue weighted by molar-refractivity contribution is 8.07. The molecule has 0 atom stereocenters. The number of alkyl halides is 2. The Labute approximate surface area is 85.4 Å². The first-order valence-corrected chi connectivity index (χ1v) is 6.36. The van der Waals surface area contributed by atoms with E-state index in [2.05, 4.69) is 11.8 Å². The molecule has 1 rings (SSSR count). The lowest BCUT2D eigenvalue weighted by Crippen LogP contribution is -2.29. The Morgan fingerprint density at radius 1 is 1.21 bits per heavy atom. The van der Waals surface area contributed by atoms with Crippen LogP contribution in [-0.4, -0.2) is 0 Å². The van der Waals surface area contributed by atoms with Crippen molar-refractivity contribution in [2.75, 3.05) is 0 Å². The van der Waals surface area contributed by atoms with Gasteiger partial charge in [0.25, 0.3) is 5.66 Å². The summed E-state index contributed by atoms with van der Waals surface area (Å²) in [5, 5.41) is 0. The average molecular weight is 236 g/mol. The lowest BCUT2D eigenvalue weighted by molar-refractivity contribution is -0.315. The van der Waals surface area contributed by atoms with E-state index in [1.54, 1.807) is 6.92 Å². The molecule has 0 radical (unpaired) electrons. The van der Waals surface area contributed by atoms with Crippen LogP contribution in [0, 0.1) is 6.92 Å². The molecular formula is C8H7F2O2PS-2. The predicted molar refractivity (Wildman–Crippen MR) is 49.4 cm³/mol. The van der Waals surface area contributed by atoms with Crippen molar-refractivity contribution in [2.24, 2.45) is 0 Å². The molecule has 1 aromatic carbocycles. The zero-order valence-electron chi connectivity index (χ0n) is 7.24. The summed E-state index contributed by atoms with van der Waals surface area (Å²) in [5.74, 6) is 0. The van der Waals surface area contributed by atoms with Gasteiger partial charge in [-0.2, -0.15) is 8.78 Å². The quantitative estimate of drug-likeness (QED) is 0.722. The number of halogens is 2. The van der Waals surface area contributed by atoms with Crippen LogP contribution in [-0.2, 0) is 17.5 Å². The number of benzene rings is 1. The molecule has 0 spiro atoms. The number of rotatable bonds is 2. The molecule has 0 fully saturated rings. The summed E-state index contributed by atoms with van der Waals surface area (Å²) < 4.78 is 26.2. The molecule has 0 aliphatic carbocycles. The molecule has 0 N–H and O–H groups in total. The molecule has 0 amide bonds. The maximum Gasteiger partial charge on any atom is 0.271 e. The van der Waals surface area contributed by atoms with Crippen molar-refractivity contribution in [3.63, 3.8) is 0 Å². The van der Waals surface area contributed by atoms with Gasteiger partial charge in [-0.05, 0) is 6.92 Å². The van der Waals surface area contributed by atoms with E-state index in [1.807, 2.05) is 0 Å². The Hall–Kier alpha value is -0.350. The van der Waals surface area contributed by atoms with E-state index in [0.717, 1.165) is 17.7 Å². The summed E-state index contributed by atoms with van der Waals surface area (Å²) in [6.45, 7) is -3.39. The molecule has 0 aliphatic heterocycles. The number of hydrogen-bond donors (Lipinski definition) is 0. The summed E-state index contributed by atoms with van der Waals surface area (Å²) in [5.41, 5.74) is -3.78. The van der Waals surface area contributed by atoms with Crippen LogP contribution in [0.5, 0.6) is 0 Å². The molecule has 0 aromatic heterocycles. The van der Waals surface area contributed by atoms with Gasteiger partial charge in [0.15, 0.2) is 0 Å². The SMILES string of the molecule is Cc1ccc(C(F)(F)P([O-])([O-])=S)cc1. The molecule has 6 heteroatoms. The van der Waals surface area contributed by atoms with Gasteiger partial charge in [-0.3, -0.25) is 0 Å². The molecule has 0 heterocycles. The summed E-state index contributed by atoms with van der Waals surface area (Å²) in [6.07, 6.45) is 0. The Morgan fingerprint density at radius 3 is 2.00 bits per heavy atom. The molecule has 0 bridgehead atoms. The van der Waals surface area contributed by atoms with Gasteiger partial charge in [0.05, 0.1) is 0 Å². The normalized spacial score (nSPS) is 12.9. The lowest BCUT2D eigenvalue weighted by atomic mass is 10.2. The van der Waals surface area contributed by atoms with Crippen molar-refractivity contribution in [1.29, 1.82) is 0 Å². The summed E-state index contributed by atoms with van der Waals surface area (Å²) in [7, 11) is 0. The molecule has 78 valence electrons. The van der Waals surface area contributed by atoms with Crippen LogP contribution in [0.25, 0.3) is 0 Å². The smallest absolute Gasteiger partial charge is 0.271 e. The standard InChI is InChI=1S/C8H9F2O2PS/c1-6-2-4-7(5-3-6)8(9,10)13(11,12)14/h2-5H,1H3,(H2,11,12,14)/p-2. The fourth-order valence-electron chi connectivity index (χ4n) is 0.912. The Bertz CT molecular complexity index is 371. The molecule has 0 saturated heterocycles. The first kappa shape index (κ1) is 11.7. The highest BCUT2D eigenvalue weighted by Gasteiger charge is 2.32. The molecular weight excluding hydrogens is 229 g/mol. The van der Waals surface area contributed by atoms with E-state index in [9.17, 15) is 18.6 Å². The second kappa shape index (κ2) is 3.66. The van der Waals surface area contributed by atoms with Gasteiger partial charge in [-0.15, -0.1) is 18.3 Å². The minimum absolute atomic E-state index is 0.587. The van der Waals surface area contributed by atoms with Crippen molar-refractivity contribution in [3.8, 4) is 0 Å². The average Bonchev–Trinajstić information content (AvgIpc) is 2.03. The largest absolute Gasteiger partial charge is 0.828 e. The van der Waals surface area contributed by atoms with E-state index in [0.29, 0.717) is 0 Å². The molecule has 1 aromatic rings. The highest BCUT2D eigenvalue weighted by Crippen LogP contribution is 2.53. The first-order valence-electron chi connectivity index (χ1n) is 3.72. The van der Waals surface area contributed by atoms with Crippen LogP contribution in [0.1, 0.15) is 11.1 Å². The van der Waals surface area contributed by atoms with Crippen LogP contribution < -0.4 is 9.79 Å². The van der Waals surface area contributed by atoms with Gasteiger partial charge in [0.2, 0.25) is 0 Å². The van der Waals surface area contributed by atoms with Crippen LogP contribution in [0.4, 0.5) is 8.78 Å². The molecule has 0 unspecified atom stereocenters. The van der Waals surface area contributed by atoms with Crippen molar-refractivity contribution in [3.05, 3.63) is 35.4 Å². The monoisotopic (exact) mass is 236 g/mol. The topological polar surface area (TPSA) is 46.1 Å². The third-order valence-electron chi connectivity index (χ3n) is 1.74. The minimum atomic E-state index is -5.11. The van der Waals surface area contributed by atoms with E-state index < -0.39 is 17.7 Å². The molecule has 0 aliphatic rings. The highest BCUT2D eigenvalue weighted by atomic mass is 32.5. The maximum atomic E-state index is 13.1. The van der Waals surface area contributed by atoms with Gasteiger partial charge in [-0.1, -0.05) is 29.8 Å². The van der Waals surface area contributed by atoms with Gasteiger partial charge < -0.3 is 9.79 Å². The van der Waals surface area contributed by atoms with Crippen LogP contribution in [0.15, 0.2) is 24.3 Å². The molecule has 0 saturated carbocycles. The van der Waals surface area contributed by atoms with Crippen molar-refractivity contribution in [2.45, 2.75) is 12.6 Å². The van der Waals surface area contributed by atoms with Crippen LogP contribution in [0.3, 0.4) is 0 Å². The van der Waals surface area contributed by atoms with Crippen molar-refractivity contribution < 1.29 is 18.6 Å². The van der Waals surface area contributed by atoms with Crippen LogP contribution in [0.2, 0.25) is 0 Å². The lowest BCUT2D eigenvalue weighted by Gasteiger charge is -2.42. The summed E-state index contributed by atoms with van der Waals surface area (Å²) in [6, 6.07) is 4.95. The molecule has 2 nitrogen and oxygen atoms in total. The van der Waals surface area contributed by atoms with E-state index in [-0.39, 0.29) is 0 Å². The fraction of sp³-hybridized carbons (Fsp3) is 0.250. The molecule has 14 heavy (non-hydrogen) atoms. The van der Waals surface area contributed by atoms with Gasteiger partial charge >= 0.3 is 0 Å². The van der Waals surface area contributed by atoms with Gasteiger partial charge in [-0.25, -0.2) is 0 Å². The van der Waals surface area contributed by atoms with E-state index in [4.69, 9.17) is 0 Å². The fourth-order valence-corrected chi connectivity index (χ4v) is 1.69. The Morgan fingerprint density at radius 2 is 1.64 bits per heavy atom. The third-order valence-corrected chi connectivity index (χ3v) is 3.38. The number of hydrogen-bond acceptors (Lipinski definition) is 3. The number of aryl methyl sites for hydroxylation is 1. The second-order valence-corrected chi connectivity index (χ2v) is 5.90. The van der Waals surface area contributed by atoms with Gasteiger partial charge in [0, 0.05) is 5.56 Å². The van der Waals surface area contributed by atoms with Gasteiger partial charge in [0.1, 0.15) is 0 Å². The third kappa shape index (κ3) is 2.17. The van der Waals surface area contributed by atoms with Crippen molar-refractivity contribution >= 4 is 18.3 Å². The van der Waals surface area contributed by atoms with Crippen LogP contribution >= 0.6 is 6.49 Å². The summed E-state index contributed by atoms with van der Waals surface area (Å²) >= 11 is 3.79.